The number of rotatable bonds is 28. The van der Waals surface area contributed by atoms with Gasteiger partial charge in [0, 0.05) is 39.5 Å². The lowest BCUT2D eigenvalue weighted by atomic mass is 9.70. The third-order valence-electron chi connectivity index (χ3n) is 22.6. The second-order valence-electron chi connectivity index (χ2n) is 29.3. The van der Waals surface area contributed by atoms with Gasteiger partial charge >= 0.3 is 0 Å². The number of nitrogens with zero attached hydrogens (tertiary/aromatic N) is 2. The van der Waals surface area contributed by atoms with Crippen LogP contribution in [0, 0.1) is 0 Å². The fourth-order valence-corrected chi connectivity index (χ4v) is 16.8. The molecular formula is C103H94N2. The third kappa shape index (κ3) is 14.6. The van der Waals surface area contributed by atoms with Crippen LogP contribution in [-0.2, 0) is 18.3 Å². The standard InChI is InChI=1S/C103H94N2/c1-3-5-7-9-11-28-68-103(69-29-12-10-8-6-4-2)100-73-87(76-32-20-14-21-33-76)53-66-96(100)97-67-54-88(74-101(97)103)82-48-61-91(62-49-82)104(92-63-51-85(52-64-92)102-98(83-36-24-16-25-37-83)71-89(77-34-22-15-23-35-77)72-99(102)84-38-26-17-27-39-84)90-55-44-79(45-56-90)80-46-59-94(60-47-80)105(95-65-50-81-40-41-86(81)70-95)93-57-42-78(43-58-93)75-30-18-13-19-31-75/h13-27,30-39,42-67,70-74H,3-12,28-29,40-41,68-69H2,1-2H3. The van der Waals surface area contributed by atoms with Gasteiger partial charge in [-0.15, -0.1) is 0 Å². The number of anilines is 6. The molecule has 14 aromatic rings. The third-order valence-corrected chi connectivity index (χ3v) is 22.6. The van der Waals surface area contributed by atoms with E-state index in [1.807, 2.05) is 0 Å². The summed E-state index contributed by atoms with van der Waals surface area (Å²) in [6.07, 6.45) is 20.1. The molecule has 0 aromatic heterocycles. The van der Waals surface area contributed by atoms with E-state index in [1.165, 1.54) is 207 Å². The molecule has 0 aliphatic heterocycles. The smallest absolute Gasteiger partial charge is 0.0464 e. The van der Waals surface area contributed by atoms with Gasteiger partial charge in [0.1, 0.15) is 0 Å². The molecule has 0 unspecified atom stereocenters. The van der Waals surface area contributed by atoms with Crippen molar-refractivity contribution in [2.24, 2.45) is 0 Å². The van der Waals surface area contributed by atoms with Gasteiger partial charge in [-0.05, 0) is 245 Å². The lowest BCUT2D eigenvalue weighted by Crippen LogP contribution is -2.25. The van der Waals surface area contributed by atoms with Crippen LogP contribution in [0.2, 0.25) is 0 Å². The quantitative estimate of drug-likeness (QED) is 0.0451. The van der Waals surface area contributed by atoms with Gasteiger partial charge in [-0.25, -0.2) is 0 Å². The Kier molecular flexibility index (Phi) is 20.6. The molecule has 0 radical (unpaired) electrons. The van der Waals surface area contributed by atoms with Crippen molar-refractivity contribution in [1.29, 1.82) is 0 Å². The number of benzene rings is 14. The van der Waals surface area contributed by atoms with E-state index in [1.54, 1.807) is 0 Å². The van der Waals surface area contributed by atoms with Crippen molar-refractivity contribution in [3.8, 4) is 100 Å². The first-order valence-corrected chi connectivity index (χ1v) is 38.9. The van der Waals surface area contributed by atoms with Crippen LogP contribution in [0.1, 0.15) is 126 Å². The summed E-state index contributed by atoms with van der Waals surface area (Å²) in [5.41, 5.74) is 34.9. The molecular weight excluding hydrogens is 1270 g/mol. The predicted octanol–water partition coefficient (Wildman–Crippen LogP) is 29.8. The maximum absolute atomic E-state index is 2.62. The molecule has 105 heavy (non-hydrogen) atoms. The average Bonchev–Trinajstić information content (AvgIpc) is 1.56. The molecule has 0 spiro atoms. The van der Waals surface area contributed by atoms with Crippen LogP contribution in [0.15, 0.2) is 340 Å². The minimum absolute atomic E-state index is 0.0649. The van der Waals surface area contributed by atoms with E-state index in [0.717, 1.165) is 52.4 Å². The first-order chi connectivity index (χ1) is 52.0. The minimum Gasteiger partial charge on any atom is -0.311 e. The topological polar surface area (TPSA) is 6.48 Å². The summed E-state index contributed by atoms with van der Waals surface area (Å²) < 4.78 is 0. The second-order valence-corrected chi connectivity index (χ2v) is 29.3. The maximum atomic E-state index is 2.62. The van der Waals surface area contributed by atoms with E-state index in [2.05, 4.69) is 363 Å². The molecule has 2 heteroatoms. The van der Waals surface area contributed by atoms with Gasteiger partial charge < -0.3 is 9.80 Å². The lowest BCUT2D eigenvalue weighted by molar-refractivity contribution is 0.398. The number of hydrogen-bond acceptors (Lipinski definition) is 2. The molecule has 0 fully saturated rings. The zero-order valence-electron chi connectivity index (χ0n) is 61.0. The van der Waals surface area contributed by atoms with E-state index in [-0.39, 0.29) is 5.41 Å². The Morgan fingerprint density at radius 3 is 0.886 bits per heavy atom. The Balaban J connectivity index is 0.772. The second kappa shape index (κ2) is 31.7. The van der Waals surface area contributed by atoms with E-state index < -0.39 is 0 Å². The van der Waals surface area contributed by atoms with Crippen LogP contribution in [-0.4, -0.2) is 0 Å². The van der Waals surface area contributed by atoms with Crippen LogP contribution in [0.5, 0.6) is 0 Å². The minimum atomic E-state index is -0.0649. The molecule has 0 atom stereocenters. The summed E-state index contributed by atoms with van der Waals surface area (Å²) in [5.74, 6) is 0. The van der Waals surface area contributed by atoms with Gasteiger partial charge in [-0.3, -0.25) is 0 Å². The Bertz CT molecular complexity index is 5120. The SMILES string of the molecule is CCCCCCCCC1(CCCCCCCC)c2cc(-c3ccccc3)ccc2-c2ccc(-c3ccc(N(c4ccc(-c5ccc(N(c6ccc(-c7ccccc7)cc6)c6ccc7c(c6)CC7)cc5)cc4)c4ccc(-c5c(-c6ccccc6)cc(-c6ccccc6)cc5-c5ccccc5)cc4)cc3)cc21. The predicted molar refractivity (Wildman–Crippen MR) is 449 cm³/mol. The molecule has 2 nitrogen and oxygen atoms in total. The molecule has 14 aromatic carbocycles. The van der Waals surface area contributed by atoms with Crippen molar-refractivity contribution in [3.05, 3.63) is 362 Å². The summed E-state index contributed by atoms with van der Waals surface area (Å²) in [6.45, 7) is 4.66. The number of unbranched alkanes of at least 4 members (excludes halogenated alkanes) is 10. The van der Waals surface area contributed by atoms with E-state index in [0.29, 0.717) is 0 Å². The van der Waals surface area contributed by atoms with Gasteiger partial charge in [0.2, 0.25) is 0 Å². The monoisotopic (exact) mass is 1360 g/mol. The summed E-state index contributed by atoms with van der Waals surface area (Å²) in [4.78, 5) is 4.85. The van der Waals surface area contributed by atoms with Crippen molar-refractivity contribution in [3.63, 3.8) is 0 Å². The fraction of sp³-hybridized carbons (Fsp3) is 0.184. The molecule has 0 saturated heterocycles. The van der Waals surface area contributed by atoms with Crippen LogP contribution < -0.4 is 9.80 Å². The lowest BCUT2D eigenvalue weighted by Gasteiger charge is -2.33. The summed E-state index contributed by atoms with van der Waals surface area (Å²) in [5, 5.41) is 0. The van der Waals surface area contributed by atoms with Crippen molar-refractivity contribution in [2.75, 3.05) is 9.80 Å². The summed E-state index contributed by atoms with van der Waals surface area (Å²) >= 11 is 0. The Morgan fingerprint density at radius 1 is 0.219 bits per heavy atom. The van der Waals surface area contributed by atoms with Gasteiger partial charge in [0.05, 0.1) is 0 Å². The molecule has 2 aliphatic rings. The van der Waals surface area contributed by atoms with Crippen LogP contribution in [0.3, 0.4) is 0 Å². The van der Waals surface area contributed by atoms with E-state index in [4.69, 9.17) is 0 Å². The normalized spacial score (nSPS) is 12.4. The molecule has 2 aliphatic carbocycles. The van der Waals surface area contributed by atoms with Gasteiger partial charge in [-0.1, -0.05) is 334 Å². The van der Waals surface area contributed by atoms with Crippen LogP contribution in [0.4, 0.5) is 34.1 Å². The largest absolute Gasteiger partial charge is 0.311 e. The van der Waals surface area contributed by atoms with E-state index >= 15 is 0 Å². The fourth-order valence-electron chi connectivity index (χ4n) is 16.8. The highest BCUT2D eigenvalue weighted by Gasteiger charge is 2.43. The van der Waals surface area contributed by atoms with Crippen molar-refractivity contribution in [2.45, 2.75) is 122 Å². The molecule has 0 bridgehead atoms. The first kappa shape index (κ1) is 68.1. The van der Waals surface area contributed by atoms with Gasteiger partial charge in [0.15, 0.2) is 0 Å². The van der Waals surface area contributed by atoms with Crippen molar-refractivity contribution >= 4 is 34.1 Å². The number of aryl methyl sites for hydroxylation is 2. The Labute approximate surface area is 624 Å². The summed E-state index contributed by atoms with van der Waals surface area (Å²) in [7, 11) is 0. The number of fused-ring (bicyclic) bond motifs is 4. The zero-order chi connectivity index (χ0) is 70.7. The summed E-state index contributed by atoms with van der Waals surface area (Å²) in [6, 6.07) is 127. The van der Waals surface area contributed by atoms with Crippen LogP contribution in [0.25, 0.3) is 100 Å². The highest BCUT2D eigenvalue weighted by Crippen LogP contribution is 2.56. The molecule has 0 saturated carbocycles. The molecule has 0 amide bonds. The molecule has 0 N–H and O–H groups in total. The first-order valence-electron chi connectivity index (χ1n) is 38.9. The highest BCUT2D eigenvalue weighted by atomic mass is 15.1. The van der Waals surface area contributed by atoms with Crippen LogP contribution >= 0.6 is 0 Å². The van der Waals surface area contributed by atoms with E-state index in [9.17, 15) is 0 Å². The highest BCUT2D eigenvalue weighted by molar-refractivity contribution is 5.98. The average molecular weight is 1360 g/mol. The van der Waals surface area contributed by atoms with Crippen molar-refractivity contribution in [1.82, 2.24) is 0 Å². The molecule has 0 heterocycles. The molecule has 16 rings (SSSR count). The number of hydrogen-bond donors (Lipinski definition) is 0. The maximum Gasteiger partial charge on any atom is 0.0464 e. The zero-order valence-corrected chi connectivity index (χ0v) is 61.0. The molecule has 516 valence electrons. The Morgan fingerprint density at radius 2 is 0.514 bits per heavy atom. The Hall–Kier alpha value is -11.3. The van der Waals surface area contributed by atoms with Gasteiger partial charge in [-0.2, -0.15) is 0 Å². The van der Waals surface area contributed by atoms with Crippen molar-refractivity contribution < 1.29 is 0 Å². The van der Waals surface area contributed by atoms with Gasteiger partial charge in [0.25, 0.3) is 0 Å².